The van der Waals surface area contributed by atoms with Crippen LogP contribution in [0.4, 0.5) is 0 Å². The fourth-order valence-electron chi connectivity index (χ4n) is 2.17. The minimum absolute atomic E-state index is 0.0550. The zero-order valence-corrected chi connectivity index (χ0v) is 9.00. The van der Waals surface area contributed by atoms with Crippen LogP contribution in [-0.4, -0.2) is 18.5 Å². The Labute approximate surface area is 86.0 Å². The van der Waals surface area contributed by atoms with Crippen molar-refractivity contribution < 1.29 is 9.53 Å². The van der Waals surface area contributed by atoms with Crippen molar-refractivity contribution in [2.45, 2.75) is 51.6 Å². The van der Waals surface area contributed by atoms with Gasteiger partial charge >= 0.3 is 0 Å². The number of hydrogen-bond acceptors (Lipinski definition) is 2. The number of ketones is 1. The van der Waals surface area contributed by atoms with Gasteiger partial charge in [0.15, 0.2) is 5.78 Å². The van der Waals surface area contributed by atoms with Crippen molar-refractivity contribution >= 4 is 5.78 Å². The minimum atomic E-state index is -0.0550. The van der Waals surface area contributed by atoms with E-state index in [1.165, 1.54) is 32.1 Å². The molecule has 0 aromatic carbocycles. The monoisotopic (exact) mass is 196 g/mol. The predicted molar refractivity (Wildman–Crippen MR) is 55.1 cm³/mol. The van der Waals surface area contributed by atoms with Crippen molar-refractivity contribution in [1.82, 2.24) is 0 Å². The third-order valence-electron chi connectivity index (χ3n) is 3.43. The second kappa shape index (κ2) is 4.43. The molecule has 1 unspecified atom stereocenters. The Bertz CT molecular complexity index is 204. The first-order valence-electron chi connectivity index (χ1n) is 5.95. The molecule has 2 aliphatic carbocycles. The lowest BCUT2D eigenvalue weighted by Gasteiger charge is -2.26. The van der Waals surface area contributed by atoms with E-state index in [4.69, 9.17) is 4.74 Å². The SMILES string of the molecule is CCOC(C(=O)CC1CCC1)C1CC1. The largest absolute Gasteiger partial charge is 0.370 e. The summed E-state index contributed by atoms with van der Waals surface area (Å²) >= 11 is 0. The van der Waals surface area contributed by atoms with Gasteiger partial charge in [-0.25, -0.2) is 0 Å². The van der Waals surface area contributed by atoms with Gasteiger partial charge < -0.3 is 4.74 Å². The number of carbonyl (C=O) groups is 1. The summed E-state index contributed by atoms with van der Waals surface area (Å²) in [5, 5.41) is 0. The third kappa shape index (κ3) is 2.35. The van der Waals surface area contributed by atoms with E-state index in [0.717, 1.165) is 6.42 Å². The van der Waals surface area contributed by atoms with E-state index in [9.17, 15) is 4.79 Å². The summed E-state index contributed by atoms with van der Waals surface area (Å²) in [7, 11) is 0. The number of carbonyl (C=O) groups excluding carboxylic acids is 1. The van der Waals surface area contributed by atoms with Crippen molar-refractivity contribution in [3.8, 4) is 0 Å². The van der Waals surface area contributed by atoms with Crippen LogP contribution in [0.15, 0.2) is 0 Å². The molecule has 2 aliphatic rings. The quantitative estimate of drug-likeness (QED) is 0.652. The molecule has 0 bridgehead atoms. The zero-order chi connectivity index (χ0) is 9.97. The summed E-state index contributed by atoms with van der Waals surface area (Å²) in [6.07, 6.45) is 6.95. The molecule has 0 aromatic rings. The highest BCUT2D eigenvalue weighted by Crippen LogP contribution is 2.37. The standard InChI is InChI=1S/C12H20O2/c1-2-14-12(10-6-7-10)11(13)8-9-4-3-5-9/h9-10,12H,2-8H2,1H3. The highest BCUT2D eigenvalue weighted by molar-refractivity contribution is 5.84. The van der Waals surface area contributed by atoms with Gasteiger partial charge in [0.05, 0.1) is 0 Å². The van der Waals surface area contributed by atoms with E-state index < -0.39 is 0 Å². The van der Waals surface area contributed by atoms with E-state index in [1.807, 2.05) is 6.92 Å². The zero-order valence-electron chi connectivity index (χ0n) is 9.00. The van der Waals surface area contributed by atoms with Crippen molar-refractivity contribution in [3.05, 3.63) is 0 Å². The van der Waals surface area contributed by atoms with Gasteiger partial charge in [0.1, 0.15) is 6.10 Å². The molecule has 80 valence electrons. The summed E-state index contributed by atoms with van der Waals surface area (Å²) < 4.78 is 5.55. The molecular weight excluding hydrogens is 176 g/mol. The molecule has 1 atom stereocenters. The van der Waals surface area contributed by atoms with Gasteiger partial charge in [-0.05, 0) is 31.6 Å². The van der Waals surface area contributed by atoms with Gasteiger partial charge in [-0.2, -0.15) is 0 Å². The Morgan fingerprint density at radius 1 is 1.36 bits per heavy atom. The predicted octanol–water partition coefficient (Wildman–Crippen LogP) is 2.56. The molecule has 0 aromatic heterocycles. The summed E-state index contributed by atoms with van der Waals surface area (Å²) in [6.45, 7) is 2.66. The van der Waals surface area contributed by atoms with Crippen LogP contribution in [-0.2, 0) is 9.53 Å². The molecule has 2 heteroatoms. The van der Waals surface area contributed by atoms with Crippen LogP contribution in [0.2, 0.25) is 0 Å². The first kappa shape index (κ1) is 10.2. The molecule has 2 fully saturated rings. The highest BCUT2D eigenvalue weighted by atomic mass is 16.5. The smallest absolute Gasteiger partial charge is 0.162 e. The maximum atomic E-state index is 11.9. The van der Waals surface area contributed by atoms with Crippen molar-refractivity contribution in [1.29, 1.82) is 0 Å². The molecule has 0 N–H and O–H groups in total. The molecule has 0 heterocycles. The third-order valence-corrected chi connectivity index (χ3v) is 3.43. The number of ether oxygens (including phenoxy) is 1. The summed E-state index contributed by atoms with van der Waals surface area (Å²) in [6, 6.07) is 0. The number of hydrogen-bond donors (Lipinski definition) is 0. The molecule has 0 aliphatic heterocycles. The van der Waals surface area contributed by atoms with Crippen LogP contribution in [0.3, 0.4) is 0 Å². The average molecular weight is 196 g/mol. The molecule has 0 spiro atoms. The van der Waals surface area contributed by atoms with Crippen molar-refractivity contribution in [2.24, 2.45) is 11.8 Å². The molecular formula is C12H20O2. The lowest BCUT2D eigenvalue weighted by Crippen LogP contribution is -2.29. The van der Waals surface area contributed by atoms with Gasteiger partial charge in [0.25, 0.3) is 0 Å². The fraction of sp³-hybridized carbons (Fsp3) is 0.917. The highest BCUT2D eigenvalue weighted by Gasteiger charge is 2.37. The van der Waals surface area contributed by atoms with Crippen molar-refractivity contribution in [3.63, 3.8) is 0 Å². The maximum Gasteiger partial charge on any atom is 0.162 e. The van der Waals surface area contributed by atoms with Gasteiger partial charge in [-0.3, -0.25) is 4.79 Å². The Balaban J connectivity index is 1.79. The number of Topliss-reactive ketones (excluding diaryl/α,β-unsaturated/α-hetero) is 1. The minimum Gasteiger partial charge on any atom is -0.370 e. The molecule has 2 rings (SSSR count). The summed E-state index contributed by atoms with van der Waals surface area (Å²) in [5.41, 5.74) is 0. The van der Waals surface area contributed by atoms with Gasteiger partial charge in [-0.15, -0.1) is 0 Å². The van der Waals surface area contributed by atoms with Gasteiger partial charge in [-0.1, -0.05) is 19.3 Å². The average Bonchev–Trinajstić information content (AvgIpc) is 2.90. The van der Waals surface area contributed by atoms with E-state index in [2.05, 4.69) is 0 Å². The molecule has 0 saturated heterocycles. The Morgan fingerprint density at radius 2 is 2.07 bits per heavy atom. The van der Waals surface area contributed by atoms with E-state index in [-0.39, 0.29) is 6.10 Å². The molecule has 0 radical (unpaired) electrons. The van der Waals surface area contributed by atoms with Crippen LogP contribution >= 0.6 is 0 Å². The Kier molecular flexibility index (Phi) is 3.22. The summed E-state index contributed by atoms with van der Waals surface area (Å²) in [4.78, 5) is 11.9. The van der Waals surface area contributed by atoms with Crippen LogP contribution in [0, 0.1) is 11.8 Å². The number of rotatable bonds is 6. The van der Waals surface area contributed by atoms with E-state index >= 15 is 0 Å². The van der Waals surface area contributed by atoms with Crippen LogP contribution in [0.1, 0.15) is 45.4 Å². The van der Waals surface area contributed by atoms with Gasteiger partial charge in [0.2, 0.25) is 0 Å². The van der Waals surface area contributed by atoms with Crippen molar-refractivity contribution in [2.75, 3.05) is 6.61 Å². The topological polar surface area (TPSA) is 26.3 Å². The maximum absolute atomic E-state index is 11.9. The Hall–Kier alpha value is -0.370. The second-order valence-electron chi connectivity index (χ2n) is 4.68. The molecule has 14 heavy (non-hydrogen) atoms. The Morgan fingerprint density at radius 3 is 2.50 bits per heavy atom. The molecule has 0 amide bonds. The van der Waals surface area contributed by atoms with Gasteiger partial charge in [0, 0.05) is 13.0 Å². The lowest BCUT2D eigenvalue weighted by molar-refractivity contribution is -0.133. The lowest BCUT2D eigenvalue weighted by atomic mass is 9.81. The van der Waals surface area contributed by atoms with Crippen LogP contribution in [0.25, 0.3) is 0 Å². The first-order valence-corrected chi connectivity index (χ1v) is 5.95. The first-order chi connectivity index (χ1) is 6.81. The normalized spacial score (nSPS) is 24.4. The second-order valence-corrected chi connectivity index (χ2v) is 4.68. The summed E-state index contributed by atoms with van der Waals surface area (Å²) in [5.74, 6) is 1.62. The van der Waals surface area contributed by atoms with E-state index in [0.29, 0.717) is 24.2 Å². The van der Waals surface area contributed by atoms with Crippen LogP contribution in [0.5, 0.6) is 0 Å². The van der Waals surface area contributed by atoms with E-state index in [1.54, 1.807) is 0 Å². The molecule has 2 saturated carbocycles. The van der Waals surface area contributed by atoms with Crippen LogP contribution < -0.4 is 0 Å². The molecule has 2 nitrogen and oxygen atoms in total. The fourth-order valence-corrected chi connectivity index (χ4v) is 2.17.